The van der Waals surface area contributed by atoms with Crippen molar-refractivity contribution in [2.24, 2.45) is 0 Å². The highest BCUT2D eigenvalue weighted by Crippen LogP contribution is 2.26. The van der Waals surface area contributed by atoms with Gasteiger partial charge < -0.3 is 9.72 Å². The van der Waals surface area contributed by atoms with Gasteiger partial charge in [-0.3, -0.25) is 14.7 Å². The fourth-order valence-electron chi connectivity index (χ4n) is 5.28. The zero-order chi connectivity index (χ0) is 25.0. The van der Waals surface area contributed by atoms with Gasteiger partial charge in [0.15, 0.2) is 0 Å². The minimum Gasteiger partial charge on any atom is -0.379 e. The summed E-state index contributed by atoms with van der Waals surface area (Å²) in [5.74, 6) is 0.493. The molecule has 0 bridgehead atoms. The molecule has 0 aliphatic carbocycles. The Labute approximate surface area is 217 Å². The molecule has 37 heavy (non-hydrogen) atoms. The molecule has 4 aromatic rings. The lowest BCUT2D eigenvalue weighted by Gasteiger charge is -2.36. The molecule has 6 rings (SSSR count). The van der Waals surface area contributed by atoms with Crippen molar-refractivity contribution in [2.75, 3.05) is 65.6 Å². The Bertz CT molecular complexity index is 1310. The number of fused-ring (bicyclic) bond motifs is 1. The van der Waals surface area contributed by atoms with Gasteiger partial charge in [0.25, 0.3) is 0 Å². The summed E-state index contributed by atoms with van der Waals surface area (Å²) < 4.78 is 18.9. The summed E-state index contributed by atoms with van der Waals surface area (Å²) >= 11 is 0. The second-order valence-corrected chi connectivity index (χ2v) is 10.1. The van der Waals surface area contributed by atoms with Crippen LogP contribution in [0.5, 0.6) is 0 Å². The maximum atomic E-state index is 13.5. The largest absolute Gasteiger partial charge is 0.379 e. The molecule has 0 unspecified atom stereocenters. The minimum absolute atomic E-state index is 0.261. The molecule has 192 valence electrons. The normalized spacial score (nSPS) is 18.0. The number of nitrogens with one attached hydrogen (secondary N) is 1. The molecule has 0 atom stereocenters. The van der Waals surface area contributed by atoms with Crippen molar-refractivity contribution < 1.29 is 9.13 Å². The molecule has 0 saturated carbocycles. The van der Waals surface area contributed by atoms with Crippen molar-refractivity contribution in [3.63, 3.8) is 0 Å². The molecule has 1 aromatic heterocycles. The lowest BCUT2D eigenvalue weighted by atomic mass is 10.0. The molecule has 7 heteroatoms. The van der Waals surface area contributed by atoms with Crippen LogP contribution in [0.4, 0.5) is 4.39 Å². The number of aromatic amines is 1. The highest BCUT2D eigenvalue weighted by Gasteiger charge is 2.18. The number of imidazole rings is 1. The van der Waals surface area contributed by atoms with Gasteiger partial charge in [0.2, 0.25) is 0 Å². The maximum absolute atomic E-state index is 13.5. The van der Waals surface area contributed by atoms with Crippen LogP contribution in [0, 0.1) is 5.82 Å². The summed E-state index contributed by atoms with van der Waals surface area (Å²) in [6.45, 7) is 11.8. The van der Waals surface area contributed by atoms with Gasteiger partial charge in [-0.05, 0) is 34.9 Å². The number of ether oxygens (including phenoxy) is 1. The number of rotatable bonds is 7. The first kappa shape index (κ1) is 24.2. The Morgan fingerprint density at radius 3 is 2.00 bits per heavy atom. The molecule has 3 heterocycles. The number of hydrogen-bond acceptors (Lipinski definition) is 5. The van der Waals surface area contributed by atoms with E-state index in [4.69, 9.17) is 4.74 Å². The number of benzene rings is 3. The number of H-pyrrole nitrogens is 1. The van der Waals surface area contributed by atoms with Crippen LogP contribution in [0.15, 0.2) is 66.7 Å². The molecule has 2 fully saturated rings. The van der Waals surface area contributed by atoms with Gasteiger partial charge in [-0.15, -0.1) is 0 Å². The third-order valence-corrected chi connectivity index (χ3v) is 7.60. The van der Waals surface area contributed by atoms with E-state index in [2.05, 4.69) is 73.2 Å². The first-order chi connectivity index (χ1) is 18.2. The Hall–Kier alpha value is -3.10. The molecule has 6 nitrogen and oxygen atoms in total. The van der Waals surface area contributed by atoms with Gasteiger partial charge in [-0.25, -0.2) is 9.37 Å². The zero-order valence-electron chi connectivity index (χ0n) is 21.2. The molecular formula is C30H34FN5O. The van der Waals surface area contributed by atoms with Crippen LogP contribution in [-0.4, -0.2) is 90.2 Å². The predicted molar refractivity (Wildman–Crippen MR) is 146 cm³/mol. The van der Waals surface area contributed by atoms with Gasteiger partial charge in [0, 0.05) is 64.5 Å². The fourth-order valence-corrected chi connectivity index (χ4v) is 5.28. The van der Waals surface area contributed by atoms with Crippen LogP contribution < -0.4 is 0 Å². The second-order valence-electron chi connectivity index (χ2n) is 10.1. The van der Waals surface area contributed by atoms with E-state index in [0.29, 0.717) is 5.52 Å². The van der Waals surface area contributed by atoms with E-state index in [1.807, 2.05) is 0 Å². The summed E-state index contributed by atoms with van der Waals surface area (Å²) in [6.07, 6.45) is 0. The standard InChI is InChI=1S/C30H34FN5O/c31-27-9-10-28-29(21-27)33-30(32-28)26-7-5-25(6-8-26)24-3-1-23(2-4-24)22-36-15-13-34(14-16-36)11-12-35-17-19-37-20-18-35/h1-10,21H,11-20,22H2,(H,32,33). The topological polar surface area (TPSA) is 47.6 Å². The Morgan fingerprint density at radius 2 is 1.30 bits per heavy atom. The van der Waals surface area contributed by atoms with E-state index in [9.17, 15) is 4.39 Å². The molecule has 3 aromatic carbocycles. The average Bonchev–Trinajstić information content (AvgIpc) is 3.37. The van der Waals surface area contributed by atoms with Crippen molar-refractivity contribution in [3.8, 4) is 22.5 Å². The van der Waals surface area contributed by atoms with Gasteiger partial charge in [-0.1, -0.05) is 48.5 Å². The zero-order valence-corrected chi connectivity index (χ0v) is 21.2. The SMILES string of the molecule is Fc1ccc2nc(-c3ccc(-c4ccc(CN5CCN(CCN6CCOCC6)CC5)cc4)cc3)[nH]c2c1. The molecule has 0 amide bonds. The first-order valence-corrected chi connectivity index (χ1v) is 13.3. The van der Waals surface area contributed by atoms with E-state index in [-0.39, 0.29) is 5.82 Å². The van der Waals surface area contributed by atoms with Crippen molar-refractivity contribution >= 4 is 11.0 Å². The van der Waals surface area contributed by atoms with Crippen LogP contribution in [-0.2, 0) is 11.3 Å². The van der Waals surface area contributed by atoms with E-state index >= 15 is 0 Å². The first-order valence-electron chi connectivity index (χ1n) is 13.3. The summed E-state index contributed by atoms with van der Waals surface area (Å²) in [6, 6.07) is 21.9. The summed E-state index contributed by atoms with van der Waals surface area (Å²) in [5, 5.41) is 0. The monoisotopic (exact) mass is 499 g/mol. The Kier molecular flexibility index (Phi) is 7.28. The minimum atomic E-state index is -0.261. The quantitative estimate of drug-likeness (QED) is 0.406. The summed E-state index contributed by atoms with van der Waals surface area (Å²) in [7, 11) is 0. The molecule has 0 spiro atoms. The number of aromatic nitrogens is 2. The van der Waals surface area contributed by atoms with Crippen LogP contribution in [0.1, 0.15) is 5.56 Å². The highest BCUT2D eigenvalue weighted by molar-refractivity contribution is 5.80. The number of hydrogen-bond donors (Lipinski definition) is 1. The van der Waals surface area contributed by atoms with E-state index in [1.165, 1.54) is 28.8 Å². The summed E-state index contributed by atoms with van der Waals surface area (Å²) in [4.78, 5) is 15.5. The average molecular weight is 500 g/mol. The molecule has 2 aliphatic rings. The van der Waals surface area contributed by atoms with Crippen LogP contribution in [0.3, 0.4) is 0 Å². The van der Waals surface area contributed by atoms with E-state index in [0.717, 1.165) is 89.0 Å². The molecule has 1 N–H and O–H groups in total. The third kappa shape index (κ3) is 5.91. The molecule has 0 radical (unpaired) electrons. The second kappa shape index (κ2) is 11.1. The molecule has 2 saturated heterocycles. The van der Waals surface area contributed by atoms with Gasteiger partial charge >= 0.3 is 0 Å². The Balaban J connectivity index is 1.01. The van der Waals surface area contributed by atoms with Crippen LogP contribution in [0.25, 0.3) is 33.5 Å². The number of halogens is 1. The smallest absolute Gasteiger partial charge is 0.138 e. The maximum Gasteiger partial charge on any atom is 0.138 e. The van der Waals surface area contributed by atoms with E-state index < -0.39 is 0 Å². The van der Waals surface area contributed by atoms with E-state index in [1.54, 1.807) is 6.07 Å². The summed E-state index contributed by atoms with van der Waals surface area (Å²) in [5.41, 5.74) is 6.20. The van der Waals surface area contributed by atoms with Crippen molar-refractivity contribution in [1.82, 2.24) is 24.7 Å². The van der Waals surface area contributed by atoms with Crippen LogP contribution >= 0.6 is 0 Å². The lowest BCUT2D eigenvalue weighted by Crippen LogP contribution is -2.49. The van der Waals surface area contributed by atoms with Gasteiger partial charge in [0.1, 0.15) is 11.6 Å². The van der Waals surface area contributed by atoms with Crippen molar-refractivity contribution in [1.29, 1.82) is 0 Å². The highest BCUT2D eigenvalue weighted by atomic mass is 19.1. The van der Waals surface area contributed by atoms with Gasteiger partial charge in [-0.2, -0.15) is 0 Å². The number of piperazine rings is 1. The molecule has 2 aliphatic heterocycles. The van der Waals surface area contributed by atoms with Gasteiger partial charge in [0.05, 0.1) is 24.2 Å². The molecular weight excluding hydrogens is 465 g/mol. The number of nitrogens with zero attached hydrogens (tertiary/aromatic N) is 4. The fraction of sp³-hybridized carbons (Fsp3) is 0.367. The third-order valence-electron chi connectivity index (χ3n) is 7.60. The van der Waals surface area contributed by atoms with Crippen molar-refractivity contribution in [3.05, 3.63) is 78.1 Å². The lowest BCUT2D eigenvalue weighted by molar-refractivity contribution is 0.0297. The number of morpholine rings is 1. The van der Waals surface area contributed by atoms with Crippen molar-refractivity contribution in [2.45, 2.75) is 6.54 Å². The predicted octanol–water partition coefficient (Wildman–Crippen LogP) is 4.49. The Morgan fingerprint density at radius 1 is 0.703 bits per heavy atom. The van der Waals surface area contributed by atoms with Crippen LogP contribution in [0.2, 0.25) is 0 Å².